The van der Waals surface area contributed by atoms with Crippen molar-refractivity contribution >= 4 is 59.2 Å². The molecule has 0 spiro atoms. The molecule has 1 atom stereocenters. The Labute approximate surface area is 187 Å². The summed E-state index contributed by atoms with van der Waals surface area (Å²) >= 11 is 12.5. The zero-order valence-electron chi connectivity index (χ0n) is 15.6. The van der Waals surface area contributed by atoms with E-state index in [4.69, 9.17) is 33.7 Å². The number of guanidine groups is 1. The molecule has 1 aliphatic rings. The number of nitrogens with two attached hydrogens (primary N) is 1. The van der Waals surface area contributed by atoms with Crippen LogP contribution in [0.5, 0.6) is 0 Å². The highest BCUT2D eigenvalue weighted by Gasteiger charge is 2.23. The van der Waals surface area contributed by atoms with Gasteiger partial charge in [0.15, 0.2) is 5.96 Å². The SMILES string of the molecule is CCOC(=O)N1CCC(NC(N)=NCC(C)c2c(Cl)cccc2Cl)CC1.I. The van der Waals surface area contributed by atoms with Crippen molar-refractivity contribution in [3.8, 4) is 0 Å². The highest BCUT2D eigenvalue weighted by atomic mass is 127. The Hall–Kier alpha value is -0.930. The van der Waals surface area contributed by atoms with Crippen LogP contribution in [0.4, 0.5) is 4.79 Å². The van der Waals surface area contributed by atoms with Gasteiger partial charge < -0.3 is 20.7 Å². The van der Waals surface area contributed by atoms with E-state index in [-0.39, 0.29) is 42.0 Å². The number of nitrogens with zero attached hydrogens (tertiary/aromatic N) is 2. The van der Waals surface area contributed by atoms with Crippen molar-refractivity contribution in [3.63, 3.8) is 0 Å². The molecule has 9 heteroatoms. The second kappa shape index (κ2) is 11.8. The topological polar surface area (TPSA) is 80.0 Å². The second-order valence-electron chi connectivity index (χ2n) is 6.37. The summed E-state index contributed by atoms with van der Waals surface area (Å²) in [5, 5.41) is 4.50. The van der Waals surface area contributed by atoms with Gasteiger partial charge in [0, 0.05) is 41.6 Å². The molecular weight excluding hydrogens is 502 g/mol. The van der Waals surface area contributed by atoms with Gasteiger partial charge in [0.25, 0.3) is 0 Å². The van der Waals surface area contributed by atoms with Crippen LogP contribution in [0.15, 0.2) is 23.2 Å². The van der Waals surface area contributed by atoms with E-state index < -0.39 is 0 Å². The fraction of sp³-hybridized carbons (Fsp3) is 0.556. The zero-order valence-corrected chi connectivity index (χ0v) is 19.4. The Kier molecular flexibility index (Phi) is 10.5. The van der Waals surface area contributed by atoms with E-state index in [9.17, 15) is 4.79 Å². The Morgan fingerprint density at radius 2 is 1.96 bits per heavy atom. The molecule has 2 rings (SSSR count). The van der Waals surface area contributed by atoms with E-state index in [0.717, 1.165) is 18.4 Å². The molecule has 1 fully saturated rings. The van der Waals surface area contributed by atoms with Gasteiger partial charge in [-0.3, -0.25) is 4.99 Å². The first-order chi connectivity index (χ1) is 12.4. The summed E-state index contributed by atoms with van der Waals surface area (Å²) < 4.78 is 5.02. The first-order valence-electron chi connectivity index (χ1n) is 8.84. The van der Waals surface area contributed by atoms with Crippen LogP contribution >= 0.6 is 47.2 Å². The van der Waals surface area contributed by atoms with E-state index >= 15 is 0 Å². The summed E-state index contributed by atoms with van der Waals surface area (Å²) in [6.45, 7) is 6.00. The first kappa shape index (κ1) is 24.1. The molecule has 1 unspecified atom stereocenters. The van der Waals surface area contributed by atoms with E-state index in [1.807, 2.05) is 25.1 Å². The number of carbonyl (C=O) groups is 1. The van der Waals surface area contributed by atoms with Crippen molar-refractivity contribution in [3.05, 3.63) is 33.8 Å². The van der Waals surface area contributed by atoms with Gasteiger partial charge in [-0.05, 0) is 37.5 Å². The van der Waals surface area contributed by atoms with Crippen LogP contribution in [0.1, 0.15) is 38.2 Å². The predicted octanol–water partition coefficient (Wildman–Crippen LogP) is 4.24. The lowest BCUT2D eigenvalue weighted by molar-refractivity contribution is 0.0963. The monoisotopic (exact) mass is 528 g/mol. The molecule has 1 saturated heterocycles. The lowest BCUT2D eigenvalue weighted by Crippen LogP contribution is -2.48. The van der Waals surface area contributed by atoms with Gasteiger partial charge in [0.05, 0.1) is 6.61 Å². The minimum atomic E-state index is -0.252. The molecule has 0 saturated carbocycles. The lowest BCUT2D eigenvalue weighted by atomic mass is 10.0. The van der Waals surface area contributed by atoms with Gasteiger partial charge in [0.1, 0.15) is 0 Å². The normalized spacial score (nSPS) is 16.4. The summed E-state index contributed by atoms with van der Waals surface area (Å²) in [6, 6.07) is 5.66. The second-order valence-corrected chi connectivity index (χ2v) is 7.18. The molecule has 6 nitrogen and oxygen atoms in total. The average molecular weight is 529 g/mol. The van der Waals surface area contributed by atoms with Crippen LogP contribution in [0.3, 0.4) is 0 Å². The third kappa shape index (κ3) is 7.19. The van der Waals surface area contributed by atoms with Crippen molar-refractivity contribution in [2.45, 2.75) is 38.6 Å². The number of piperidine rings is 1. The fourth-order valence-corrected chi connectivity index (χ4v) is 3.75. The number of hydrogen-bond acceptors (Lipinski definition) is 3. The van der Waals surface area contributed by atoms with Gasteiger partial charge in [-0.2, -0.15) is 0 Å². The van der Waals surface area contributed by atoms with E-state index in [1.54, 1.807) is 11.8 Å². The van der Waals surface area contributed by atoms with Gasteiger partial charge in [-0.1, -0.05) is 36.2 Å². The largest absolute Gasteiger partial charge is 0.450 e. The van der Waals surface area contributed by atoms with Crippen molar-refractivity contribution in [1.29, 1.82) is 0 Å². The predicted molar refractivity (Wildman–Crippen MR) is 122 cm³/mol. The van der Waals surface area contributed by atoms with Crippen LogP contribution in [-0.4, -0.2) is 49.2 Å². The third-order valence-corrected chi connectivity index (χ3v) is 5.06. The maximum Gasteiger partial charge on any atom is 0.409 e. The molecule has 0 aromatic heterocycles. The van der Waals surface area contributed by atoms with Crippen LogP contribution in [0, 0.1) is 0 Å². The molecule has 1 aromatic carbocycles. The number of ether oxygens (including phenoxy) is 1. The van der Waals surface area contributed by atoms with Crippen LogP contribution in [0.2, 0.25) is 10.0 Å². The van der Waals surface area contributed by atoms with E-state index in [1.165, 1.54) is 0 Å². The summed E-state index contributed by atoms with van der Waals surface area (Å²) in [7, 11) is 0. The molecule has 1 aromatic rings. The van der Waals surface area contributed by atoms with Crippen molar-refractivity contribution in [2.24, 2.45) is 10.7 Å². The highest BCUT2D eigenvalue weighted by Crippen LogP contribution is 2.31. The summed E-state index contributed by atoms with van der Waals surface area (Å²) in [4.78, 5) is 17.8. The standard InChI is InChI=1S/C18H26Cl2N4O2.HI/c1-3-26-18(25)24-9-7-13(8-10-24)23-17(21)22-11-12(2)16-14(19)5-4-6-15(16)20;/h4-6,12-13H,3,7-11H2,1-2H3,(H3,21,22,23);1H. The number of halogens is 3. The van der Waals surface area contributed by atoms with Gasteiger partial charge in [-0.25, -0.2) is 4.79 Å². The van der Waals surface area contributed by atoms with E-state index in [0.29, 0.717) is 42.2 Å². The molecular formula is C18H27Cl2IN4O2. The van der Waals surface area contributed by atoms with Crippen molar-refractivity contribution < 1.29 is 9.53 Å². The number of carbonyl (C=O) groups excluding carboxylic acids is 1. The first-order valence-corrected chi connectivity index (χ1v) is 9.60. The molecule has 27 heavy (non-hydrogen) atoms. The molecule has 0 aliphatic carbocycles. The van der Waals surface area contributed by atoms with Crippen molar-refractivity contribution in [1.82, 2.24) is 10.2 Å². The minimum absolute atomic E-state index is 0. The zero-order chi connectivity index (χ0) is 19.1. The Morgan fingerprint density at radius 3 is 2.52 bits per heavy atom. The van der Waals surface area contributed by atoms with Crippen LogP contribution in [0.25, 0.3) is 0 Å². The summed E-state index contributed by atoms with van der Waals surface area (Å²) in [5.74, 6) is 0.455. The van der Waals surface area contributed by atoms with Crippen LogP contribution in [-0.2, 0) is 4.74 Å². The van der Waals surface area contributed by atoms with Gasteiger partial charge >= 0.3 is 6.09 Å². The lowest BCUT2D eigenvalue weighted by Gasteiger charge is -2.31. The number of likely N-dealkylation sites (tertiary alicyclic amines) is 1. The number of amides is 1. The molecule has 3 N–H and O–H groups in total. The number of hydrogen-bond donors (Lipinski definition) is 2. The molecule has 1 heterocycles. The van der Waals surface area contributed by atoms with Crippen LogP contribution < -0.4 is 11.1 Å². The van der Waals surface area contributed by atoms with Gasteiger partial charge in [0.2, 0.25) is 0 Å². The quantitative estimate of drug-likeness (QED) is 0.340. The fourth-order valence-electron chi connectivity index (χ4n) is 2.98. The molecule has 1 amide bonds. The third-order valence-electron chi connectivity index (χ3n) is 4.40. The smallest absolute Gasteiger partial charge is 0.409 e. The molecule has 152 valence electrons. The Morgan fingerprint density at radius 1 is 1.37 bits per heavy atom. The minimum Gasteiger partial charge on any atom is -0.450 e. The maximum absolute atomic E-state index is 11.7. The number of aliphatic imine (C=N–C) groups is 1. The number of benzene rings is 1. The highest BCUT2D eigenvalue weighted by molar-refractivity contribution is 14.0. The maximum atomic E-state index is 11.7. The molecule has 1 aliphatic heterocycles. The van der Waals surface area contributed by atoms with E-state index in [2.05, 4.69) is 10.3 Å². The molecule has 0 bridgehead atoms. The Bertz CT molecular complexity index is 632. The average Bonchev–Trinajstić information content (AvgIpc) is 2.60. The van der Waals surface area contributed by atoms with Gasteiger partial charge in [-0.15, -0.1) is 24.0 Å². The number of nitrogens with one attached hydrogen (secondary N) is 1. The van der Waals surface area contributed by atoms with Crippen molar-refractivity contribution in [2.75, 3.05) is 26.2 Å². The molecule has 0 radical (unpaired) electrons. The summed E-state index contributed by atoms with van der Waals surface area (Å²) in [5.41, 5.74) is 6.90. The summed E-state index contributed by atoms with van der Waals surface area (Å²) in [6.07, 6.45) is 1.36. The Balaban J connectivity index is 0.00000364. The number of rotatable bonds is 5.